The van der Waals surface area contributed by atoms with Crippen molar-refractivity contribution in [1.82, 2.24) is 0 Å². The number of nitrogens with zero attached hydrogens (tertiary/aromatic N) is 2. The Labute approximate surface area is 81.2 Å². The topological polar surface area (TPSA) is 86.3 Å². The molecule has 0 aromatic carbocycles. The third-order valence-corrected chi connectivity index (χ3v) is 1.45. The van der Waals surface area contributed by atoms with Crippen molar-refractivity contribution in [3.63, 3.8) is 0 Å². The number of allylic oxidation sites excluding steroid dienone is 2. The fourth-order valence-electron chi connectivity index (χ4n) is 0.932. The summed E-state index contributed by atoms with van der Waals surface area (Å²) in [6.45, 7) is 3.38. The smallest absolute Gasteiger partial charge is 0.258 e. The summed E-state index contributed by atoms with van der Waals surface area (Å²) in [6.07, 6.45) is 3.27. The van der Waals surface area contributed by atoms with E-state index in [9.17, 15) is 20.2 Å². The molecular formula is C8H12N2O4. The van der Waals surface area contributed by atoms with E-state index in [0.29, 0.717) is 12.8 Å². The predicted molar refractivity (Wildman–Crippen MR) is 50.7 cm³/mol. The van der Waals surface area contributed by atoms with Gasteiger partial charge in [0.05, 0.1) is 9.85 Å². The molecule has 0 atom stereocenters. The van der Waals surface area contributed by atoms with Crippen molar-refractivity contribution in [3.05, 3.63) is 43.8 Å². The first-order chi connectivity index (χ1) is 6.54. The van der Waals surface area contributed by atoms with Crippen LogP contribution in [0.5, 0.6) is 0 Å². The number of rotatable bonds is 5. The molecule has 0 fully saturated rings. The molecule has 0 saturated heterocycles. The minimum Gasteiger partial charge on any atom is -0.258 e. The van der Waals surface area contributed by atoms with Gasteiger partial charge in [-0.25, -0.2) is 0 Å². The fraction of sp³-hybridized carbons (Fsp3) is 0.500. The Morgan fingerprint density at radius 3 is 1.43 bits per heavy atom. The Morgan fingerprint density at radius 1 is 1.00 bits per heavy atom. The molecule has 0 aromatic rings. The summed E-state index contributed by atoms with van der Waals surface area (Å²) < 4.78 is 0. The molecular weight excluding hydrogens is 188 g/mol. The molecule has 0 radical (unpaired) electrons. The minimum absolute atomic E-state index is 0.394. The van der Waals surface area contributed by atoms with E-state index in [4.69, 9.17) is 0 Å². The zero-order chi connectivity index (χ0) is 11.1. The van der Waals surface area contributed by atoms with Crippen molar-refractivity contribution in [2.45, 2.75) is 26.7 Å². The van der Waals surface area contributed by atoms with Crippen molar-refractivity contribution >= 4 is 0 Å². The van der Waals surface area contributed by atoms with Gasteiger partial charge in [0.25, 0.3) is 0 Å². The highest BCUT2D eigenvalue weighted by Gasteiger charge is 2.27. The van der Waals surface area contributed by atoms with Crippen molar-refractivity contribution in [3.8, 4) is 0 Å². The zero-order valence-electron chi connectivity index (χ0n) is 8.10. The van der Waals surface area contributed by atoms with Gasteiger partial charge in [-0.1, -0.05) is 13.8 Å². The van der Waals surface area contributed by atoms with Crippen molar-refractivity contribution in [2.24, 2.45) is 0 Å². The van der Waals surface area contributed by atoms with Gasteiger partial charge < -0.3 is 0 Å². The van der Waals surface area contributed by atoms with Gasteiger partial charge in [-0.05, 0) is 12.8 Å². The van der Waals surface area contributed by atoms with Gasteiger partial charge in [0.1, 0.15) is 0 Å². The minimum atomic E-state index is -0.728. The molecule has 6 heteroatoms. The summed E-state index contributed by atoms with van der Waals surface area (Å²) in [5, 5.41) is 21.0. The van der Waals surface area contributed by atoms with Crippen LogP contribution in [0, 0.1) is 20.2 Å². The van der Waals surface area contributed by atoms with Gasteiger partial charge in [-0.2, -0.15) is 0 Å². The van der Waals surface area contributed by atoms with E-state index < -0.39 is 21.2 Å². The van der Waals surface area contributed by atoms with E-state index in [1.807, 2.05) is 0 Å². The highest BCUT2D eigenvalue weighted by Crippen LogP contribution is 2.13. The van der Waals surface area contributed by atoms with Crippen LogP contribution in [0.25, 0.3) is 0 Å². The second-order valence-electron chi connectivity index (χ2n) is 2.51. The van der Waals surface area contributed by atoms with Gasteiger partial charge in [0.15, 0.2) is 0 Å². The normalized spacial score (nSPS) is 12.7. The Bertz CT molecular complexity index is 264. The Morgan fingerprint density at radius 2 is 1.29 bits per heavy atom. The maximum Gasteiger partial charge on any atom is 0.341 e. The van der Waals surface area contributed by atoms with E-state index in [1.54, 1.807) is 13.8 Å². The third-order valence-electron chi connectivity index (χ3n) is 1.45. The first-order valence-electron chi connectivity index (χ1n) is 4.24. The lowest BCUT2D eigenvalue weighted by atomic mass is 10.2. The first-order valence-corrected chi connectivity index (χ1v) is 4.24. The van der Waals surface area contributed by atoms with Crippen LogP contribution >= 0.6 is 0 Å². The standard InChI is InChI=1S/C8H12N2O4/c1-3-5-7(9(11)12)8(6-4-2)10(13)14/h5-6H,3-4H2,1-2H3/b7-5-,8-6-. The lowest BCUT2D eigenvalue weighted by Gasteiger charge is -1.95. The molecule has 0 N–H and O–H groups in total. The molecule has 14 heavy (non-hydrogen) atoms. The highest BCUT2D eigenvalue weighted by atomic mass is 16.6. The quantitative estimate of drug-likeness (QED) is 0.386. The summed E-state index contributed by atoms with van der Waals surface area (Å²) in [5.41, 5.74) is -0.862. The zero-order valence-corrected chi connectivity index (χ0v) is 8.10. The molecule has 0 unspecified atom stereocenters. The fourth-order valence-corrected chi connectivity index (χ4v) is 0.932. The molecule has 0 saturated carbocycles. The Hall–Kier alpha value is -1.72. The van der Waals surface area contributed by atoms with Gasteiger partial charge >= 0.3 is 11.4 Å². The van der Waals surface area contributed by atoms with Gasteiger partial charge in [0.2, 0.25) is 0 Å². The Balaban J connectivity index is 5.15. The number of hydrogen-bond acceptors (Lipinski definition) is 4. The van der Waals surface area contributed by atoms with Crippen LogP contribution in [0.4, 0.5) is 0 Å². The molecule has 0 aliphatic heterocycles. The number of hydrogen-bond donors (Lipinski definition) is 0. The van der Waals surface area contributed by atoms with Crippen LogP contribution in [-0.4, -0.2) is 9.85 Å². The molecule has 0 amide bonds. The highest BCUT2D eigenvalue weighted by molar-refractivity contribution is 5.17. The van der Waals surface area contributed by atoms with Crippen molar-refractivity contribution in [2.75, 3.05) is 0 Å². The summed E-state index contributed by atoms with van der Waals surface area (Å²) in [7, 11) is 0. The van der Waals surface area contributed by atoms with E-state index >= 15 is 0 Å². The maximum atomic E-state index is 10.5. The van der Waals surface area contributed by atoms with Gasteiger partial charge in [-0.3, -0.25) is 20.2 Å². The van der Waals surface area contributed by atoms with Crippen molar-refractivity contribution in [1.29, 1.82) is 0 Å². The first kappa shape index (κ1) is 12.3. The molecule has 0 heterocycles. The average Bonchev–Trinajstić information content (AvgIpc) is 2.10. The summed E-state index contributed by atoms with van der Waals surface area (Å²) in [5.74, 6) is 0. The van der Waals surface area contributed by atoms with Gasteiger partial charge in [0, 0.05) is 12.2 Å². The van der Waals surface area contributed by atoms with Crippen LogP contribution < -0.4 is 0 Å². The summed E-state index contributed by atoms with van der Waals surface area (Å²) >= 11 is 0. The lowest BCUT2D eigenvalue weighted by molar-refractivity contribution is -0.479. The third kappa shape index (κ3) is 3.34. The van der Waals surface area contributed by atoms with Crippen LogP contribution in [-0.2, 0) is 0 Å². The van der Waals surface area contributed by atoms with Crippen LogP contribution in [0.15, 0.2) is 23.5 Å². The van der Waals surface area contributed by atoms with E-state index in [1.165, 1.54) is 12.2 Å². The average molecular weight is 200 g/mol. The molecule has 0 aliphatic rings. The lowest BCUT2D eigenvalue weighted by Crippen LogP contribution is -2.09. The van der Waals surface area contributed by atoms with E-state index in [2.05, 4.69) is 0 Å². The molecule has 0 rings (SSSR count). The molecule has 78 valence electrons. The van der Waals surface area contributed by atoms with Crippen LogP contribution in [0.2, 0.25) is 0 Å². The predicted octanol–water partition coefficient (Wildman–Crippen LogP) is 2.13. The number of nitro groups is 2. The summed E-state index contributed by atoms with van der Waals surface area (Å²) in [6, 6.07) is 0. The Kier molecular flexibility index (Phi) is 5.13. The van der Waals surface area contributed by atoms with E-state index in [0.717, 1.165) is 0 Å². The van der Waals surface area contributed by atoms with Gasteiger partial charge in [-0.15, -0.1) is 0 Å². The molecule has 6 nitrogen and oxygen atoms in total. The molecule has 0 aliphatic carbocycles. The second kappa shape index (κ2) is 5.85. The second-order valence-corrected chi connectivity index (χ2v) is 2.51. The SMILES string of the molecule is CC/C=C(/C(=C/CC)[N+](=O)[O-])[N+](=O)[O-]. The molecule has 0 spiro atoms. The van der Waals surface area contributed by atoms with Crippen LogP contribution in [0.3, 0.4) is 0 Å². The summed E-state index contributed by atoms with van der Waals surface area (Å²) in [4.78, 5) is 19.5. The van der Waals surface area contributed by atoms with Crippen molar-refractivity contribution < 1.29 is 9.85 Å². The maximum absolute atomic E-state index is 10.5. The monoisotopic (exact) mass is 200 g/mol. The largest absolute Gasteiger partial charge is 0.341 e. The van der Waals surface area contributed by atoms with Crippen LogP contribution in [0.1, 0.15) is 26.7 Å². The molecule has 0 bridgehead atoms. The molecule has 0 aromatic heterocycles. The van der Waals surface area contributed by atoms with E-state index in [-0.39, 0.29) is 0 Å².